The summed E-state index contributed by atoms with van der Waals surface area (Å²) in [5, 5.41) is 3.36. The monoisotopic (exact) mass is 317 g/mol. The molecule has 0 amide bonds. The maximum Gasteiger partial charge on any atom is 0.126 e. The molecule has 1 aromatic carbocycles. The van der Waals surface area contributed by atoms with Gasteiger partial charge in [-0.15, -0.1) is 0 Å². The highest BCUT2D eigenvalue weighted by Gasteiger charge is 2.18. The van der Waals surface area contributed by atoms with Crippen LogP contribution in [0.15, 0.2) is 22.7 Å². The van der Waals surface area contributed by atoms with Gasteiger partial charge in [0.15, 0.2) is 0 Å². The molecule has 0 heterocycles. The lowest BCUT2D eigenvalue weighted by atomic mass is 10.0. The van der Waals surface area contributed by atoms with Crippen molar-refractivity contribution < 1.29 is 9.13 Å². The summed E-state index contributed by atoms with van der Waals surface area (Å²) in [6.07, 6.45) is 0.689. The van der Waals surface area contributed by atoms with Crippen molar-refractivity contribution in [3.05, 3.63) is 34.1 Å². The largest absolute Gasteiger partial charge is 0.377 e. The number of hydrogen-bond donors (Lipinski definition) is 1. The van der Waals surface area contributed by atoms with Crippen LogP contribution in [0.4, 0.5) is 4.39 Å². The van der Waals surface area contributed by atoms with Gasteiger partial charge in [-0.2, -0.15) is 0 Å². The van der Waals surface area contributed by atoms with Crippen LogP contribution in [0.25, 0.3) is 0 Å². The lowest BCUT2D eigenvalue weighted by Crippen LogP contribution is -2.41. The molecule has 0 saturated heterocycles. The molecule has 2 unspecified atom stereocenters. The first-order valence-corrected chi connectivity index (χ1v) is 7.16. The van der Waals surface area contributed by atoms with E-state index in [1.54, 1.807) is 6.07 Å². The van der Waals surface area contributed by atoms with Crippen LogP contribution in [0.3, 0.4) is 0 Å². The molecule has 4 heteroatoms. The van der Waals surface area contributed by atoms with Crippen LogP contribution in [0.5, 0.6) is 0 Å². The molecule has 2 nitrogen and oxygen atoms in total. The molecule has 1 rings (SSSR count). The van der Waals surface area contributed by atoms with E-state index in [1.807, 2.05) is 26.8 Å². The van der Waals surface area contributed by atoms with Crippen LogP contribution < -0.4 is 5.32 Å². The molecular formula is C14H21BrFNO. The fraction of sp³-hybridized carbons (Fsp3) is 0.571. The summed E-state index contributed by atoms with van der Waals surface area (Å²) < 4.78 is 20.2. The van der Waals surface area contributed by atoms with E-state index in [2.05, 4.69) is 21.2 Å². The number of halogens is 2. The molecule has 18 heavy (non-hydrogen) atoms. The van der Waals surface area contributed by atoms with Crippen molar-refractivity contribution in [2.24, 2.45) is 0 Å². The first-order chi connectivity index (χ1) is 8.58. The number of hydrogen-bond acceptors (Lipinski definition) is 2. The minimum atomic E-state index is -0.162. The Kier molecular flexibility index (Phi) is 6.82. The highest BCUT2D eigenvalue weighted by Crippen LogP contribution is 2.18. The highest BCUT2D eigenvalue weighted by molar-refractivity contribution is 9.10. The molecule has 102 valence electrons. The summed E-state index contributed by atoms with van der Waals surface area (Å²) in [7, 11) is 0. The van der Waals surface area contributed by atoms with E-state index in [4.69, 9.17) is 4.74 Å². The summed E-state index contributed by atoms with van der Waals surface area (Å²) in [4.78, 5) is 0. The first-order valence-electron chi connectivity index (χ1n) is 6.37. The van der Waals surface area contributed by atoms with Gasteiger partial charge in [-0.25, -0.2) is 4.39 Å². The second kappa shape index (κ2) is 7.87. The van der Waals surface area contributed by atoms with E-state index in [0.29, 0.717) is 18.6 Å². The zero-order chi connectivity index (χ0) is 13.5. The molecule has 0 aromatic heterocycles. The van der Waals surface area contributed by atoms with Gasteiger partial charge in [-0.05, 0) is 50.6 Å². The molecule has 1 aromatic rings. The van der Waals surface area contributed by atoms with Crippen molar-refractivity contribution in [2.45, 2.75) is 39.3 Å². The van der Waals surface area contributed by atoms with E-state index in [0.717, 1.165) is 11.0 Å². The molecule has 2 atom stereocenters. The predicted octanol–water partition coefficient (Wildman–Crippen LogP) is 3.53. The fourth-order valence-electron chi connectivity index (χ4n) is 1.98. The Morgan fingerprint density at radius 1 is 1.39 bits per heavy atom. The van der Waals surface area contributed by atoms with Gasteiger partial charge in [0.1, 0.15) is 5.82 Å². The average Bonchev–Trinajstić information content (AvgIpc) is 2.33. The van der Waals surface area contributed by atoms with Gasteiger partial charge < -0.3 is 10.1 Å². The van der Waals surface area contributed by atoms with E-state index < -0.39 is 0 Å². The SMILES string of the molecule is CCNC(Cc1cc(Br)ccc1F)C(C)OCC. The molecule has 0 fully saturated rings. The molecule has 0 spiro atoms. The van der Waals surface area contributed by atoms with Crippen molar-refractivity contribution >= 4 is 15.9 Å². The van der Waals surface area contributed by atoms with Crippen LogP contribution in [0, 0.1) is 5.82 Å². The van der Waals surface area contributed by atoms with Gasteiger partial charge in [0.25, 0.3) is 0 Å². The van der Waals surface area contributed by atoms with Gasteiger partial charge in [0, 0.05) is 17.1 Å². The first kappa shape index (κ1) is 15.6. The second-order valence-electron chi connectivity index (χ2n) is 4.26. The maximum atomic E-state index is 13.7. The number of benzene rings is 1. The Balaban J connectivity index is 2.78. The molecule has 0 radical (unpaired) electrons. The van der Waals surface area contributed by atoms with Crippen molar-refractivity contribution in [1.29, 1.82) is 0 Å². The number of ether oxygens (including phenoxy) is 1. The summed E-state index contributed by atoms with van der Waals surface area (Å²) in [6.45, 7) is 7.55. The van der Waals surface area contributed by atoms with Crippen molar-refractivity contribution in [3.63, 3.8) is 0 Å². The van der Waals surface area contributed by atoms with Crippen molar-refractivity contribution in [2.75, 3.05) is 13.2 Å². The van der Waals surface area contributed by atoms with Gasteiger partial charge in [-0.1, -0.05) is 22.9 Å². The average molecular weight is 318 g/mol. The van der Waals surface area contributed by atoms with Gasteiger partial charge in [0.05, 0.1) is 6.10 Å². The molecule has 0 bridgehead atoms. The lowest BCUT2D eigenvalue weighted by molar-refractivity contribution is 0.0478. The Morgan fingerprint density at radius 3 is 2.72 bits per heavy atom. The Hall–Kier alpha value is -0.450. The van der Waals surface area contributed by atoms with E-state index in [1.165, 1.54) is 6.07 Å². The van der Waals surface area contributed by atoms with E-state index in [-0.39, 0.29) is 18.0 Å². The summed E-state index contributed by atoms with van der Waals surface area (Å²) in [6, 6.07) is 5.16. The normalized spacial score (nSPS) is 14.5. The second-order valence-corrected chi connectivity index (χ2v) is 5.18. The molecule has 1 N–H and O–H groups in total. The summed E-state index contributed by atoms with van der Waals surface area (Å²) in [5.41, 5.74) is 0.710. The van der Waals surface area contributed by atoms with Gasteiger partial charge in [0.2, 0.25) is 0 Å². The molecule has 0 saturated carbocycles. The van der Waals surface area contributed by atoms with Crippen molar-refractivity contribution in [1.82, 2.24) is 5.32 Å². The number of nitrogens with one attached hydrogen (secondary N) is 1. The topological polar surface area (TPSA) is 21.3 Å². The predicted molar refractivity (Wildman–Crippen MR) is 76.4 cm³/mol. The number of likely N-dealkylation sites (N-methyl/N-ethyl adjacent to an activating group) is 1. The molecule has 0 aliphatic rings. The summed E-state index contributed by atoms with van der Waals surface area (Å²) in [5.74, 6) is -0.162. The zero-order valence-corrected chi connectivity index (χ0v) is 12.8. The van der Waals surface area contributed by atoms with Crippen LogP contribution in [-0.4, -0.2) is 25.3 Å². The molecular weight excluding hydrogens is 297 g/mol. The smallest absolute Gasteiger partial charge is 0.126 e. The van der Waals surface area contributed by atoms with E-state index in [9.17, 15) is 4.39 Å². The fourth-order valence-corrected chi connectivity index (χ4v) is 2.39. The zero-order valence-electron chi connectivity index (χ0n) is 11.2. The third-order valence-electron chi connectivity index (χ3n) is 2.91. The van der Waals surface area contributed by atoms with Crippen LogP contribution in [0.2, 0.25) is 0 Å². The Labute approximate surface area is 117 Å². The minimum absolute atomic E-state index is 0.0633. The third kappa shape index (κ3) is 4.67. The van der Waals surface area contributed by atoms with Gasteiger partial charge >= 0.3 is 0 Å². The quantitative estimate of drug-likeness (QED) is 0.830. The maximum absolute atomic E-state index is 13.7. The van der Waals surface area contributed by atoms with Crippen LogP contribution in [0.1, 0.15) is 26.3 Å². The molecule has 0 aliphatic carbocycles. The lowest BCUT2D eigenvalue weighted by Gasteiger charge is -2.25. The minimum Gasteiger partial charge on any atom is -0.377 e. The van der Waals surface area contributed by atoms with Crippen LogP contribution in [-0.2, 0) is 11.2 Å². The molecule has 0 aliphatic heterocycles. The number of rotatable bonds is 7. The van der Waals surface area contributed by atoms with Crippen molar-refractivity contribution in [3.8, 4) is 0 Å². The Bertz CT molecular complexity index is 373. The Morgan fingerprint density at radius 2 is 2.11 bits per heavy atom. The highest BCUT2D eigenvalue weighted by atomic mass is 79.9. The standard InChI is InChI=1S/C14H21BrFNO/c1-4-17-14(10(3)18-5-2)9-11-8-12(15)6-7-13(11)16/h6-8,10,14,17H,4-5,9H2,1-3H3. The third-order valence-corrected chi connectivity index (χ3v) is 3.40. The summed E-state index contributed by atoms with van der Waals surface area (Å²) >= 11 is 3.37. The van der Waals surface area contributed by atoms with Crippen LogP contribution >= 0.6 is 15.9 Å². The van der Waals surface area contributed by atoms with Gasteiger partial charge in [-0.3, -0.25) is 0 Å². The van der Waals surface area contributed by atoms with E-state index >= 15 is 0 Å².